The maximum atomic E-state index is 13.1. The fraction of sp³-hybridized carbons (Fsp3) is 0.273. The largest absolute Gasteiger partial charge is 0.507 e. The van der Waals surface area contributed by atoms with Crippen molar-refractivity contribution in [2.75, 3.05) is 7.11 Å². The number of Topliss-reactive ketones (excluding diaryl/α,β-unsaturated/α-hetero) is 1. The van der Waals surface area contributed by atoms with Gasteiger partial charge in [-0.05, 0) is 12.1 Å². The summed E-state index contributed by atoms with van der Waals surface area (Å²) in [5, 5.41) is 10.3. The second-order valence-electron chi connectivity index (χ2n) is 6.85. The molecule has 0 saturated heterocycles. The van der Waals surface area contributed by atoms with Gasteiger partial charge in [-0.15, -0.1) is 0 Å². The van der Waals surface area contributed by atoms with Gasteiger partial charge in [0.05, 0.1) is 7.11 Å². The number of phenolic OH excluding ortho intramolecular Hbond substituents is 1. The average Bonchev–Trinajstić information content (AvgIpc) is 2.69. The average molecular weight is 444 g/mol. The van der Waals surface area contributed by atoms with E-state index in [9.17, 15) is 24.3 Å². The number of ketones is 1. The molecule has 0 amide bonds. The SMILES string of the molecule is COc1cc(O)c2c(c1)O[C@@H](c1ccc(OC(C)=O)c(OC(C)=O)c1)[C@@H](OC(C)=O)C2=O. The van der Waals surface area contributed by atoms with Crippen LogP contribution < -0.4 is 18.9 Å². The number of hydrogen-bond donors (Lipinski definition) is 1. The van der Waals surface area contributed by atoms with E-state index >= 15 is 0 Å². The molecule has 1 N–H and O–H groups in total. The van der Waals surface area contributed by atoms with E-state index in [1.54, 1.807) is 0 Å². The Morgan fingerprint density at radius 1 is 0.938 bits per heavy atom. The highest BCUT2D eigenvalue weighted by Gasteiger charge is 2.43. The molecule has 0 fully saturated rings. The van der Waals surface area contributed by atoms with Crippen LogP contribution in [0.3, 0.4) is 0 Å². The Hall–Kier alpha value is -4.08. The van der Waals surface area contributed by atoms with Crippen LogP contribution in [0, 0.1) is 0 Å². The van der Waals surface area contributed by atoms with E-state index in [1.807, 2.05) is 0 Å². The van der Waals surface area contributed by atoms with Gasteiger partial charge in [0, 0.05) is 38.5 Å². The minimum absolute atomic E-state index is 0.0124. The number of phenols is 1. The third kappa shape index (κ3) is 4.64. The predicted molar refractivity (Wildman–Crippen MR) is 107 cm³/mol. The van der Waals surface area contributed by atoms with Crippen LogP contribution in [0.4, 0.5) is 0 Å². The maximum Gasteiger partial charge on any atom is 0.308 e. The Labute approximate surface area is 182 Å². The molecule has 2 aromatic carbocycles. The molecular formula is C22H20O10. The number of esters is 3. The lowest BCUT2D eigenvalue weighted by Gasteiger charge is -2.32. The molecule has 0 bridgehead atoms. The smallest absolute Gasteiger partial charge is 0.308 e. The monoisotopic (exact) mass is 444 g/mol. The van der Waals surface area contributed by atoms with Crippen LogP contribution in [0.1, 0.15) is 42.8 Å². The van der Waals surface area contributed by atoms with Gasteiger partial charge in [0.1, 0.15) is 22.8 Å². The van der Waals surface area contributed by atoms with Crippen LogP contribution >= 0.6 is 0 Å². The van der Waals surface area contributed by atoms with Crippen molar-refractivity contribution in [3.05, 3.63) is 41.5 Å². The van der Waals surface area contributed by atoms with Crippen molar-refractivity contribution in [2.24, 2.45) is 0 Å². The molecule has 0 aliphatic carbocycles. The zero-order valence-corrected chi connectivity index (χ0v) is 17.7. The molecule has 2 atom stereocenters. The van der Waals surface area contributed by atoms with Gasteiger partial charge in [0.25, 0.3) is 0 Å². The van der Waals surface area contributed by atoms with E-state index in [2.05, 4.69) is 0 Å². The fourth-order valence-electron chi connectivity index (χ4n) is 3.23. The number of rotatable bonds is 5. The summed E-state index contributed by atoms with van der Waals surface area (Å²) >= 11 is 0. The van der Waals surface area contributed by atoms with Crippen molar-refractivity contribution >= 4 is 23.7 Å². The molecule has 0 saturated carbocycles. The summed E-state index contributed by atoms with van der Waals surface area (Å²) in [4.78, 5) is 47.7. The predicted octanol–water partition coefficient (Wildman–Crippen LogP) is 2.50. The van der Waals surface area contributed by atoms with Crippen LogP contribution in [0.2, 0.25) is 0 Å². The zero-order valence-electron chi connectivity index (χ0n) is 17.7. The fourth-order valence-corrected chi connectivity index (χ4v) is 3.23. The Kier molecular flexibility index (Phi) is 6.33. The van der Waals surface area contributed by atoms with E-state index in [0.29, 0.717) is 0 Å². The highest BCUT2D eigenvalue weighted by Crippen LogP contribution is 2.44. The maximum absolute atomic E-state index is 13.1. The summed E-state index contributed by atoms with van der Waals surface area (Å²) in [7, 11) is 1.38. The van der Waals surface area contributed by atoms with Gasteiger partial charge in [0.15, 0.2) is 17.6 Å². The molecule has 0 radical (unpaired) electrons. The highest BCUT2D eigenvalue weighted by molar-refractivity contribution is 6.06. The van der Waals surface area contributed by atoms with Gasteiger partial charge in [-0.1, -0.05) is 6.07 Å². The minimum Gasteiger partial charge on any atom is -0.507 e. The second-order valence-corrected chi connectivity index (χ2v) is 6.85. The van der Waals surface area contributed by atoms with Gasteiger partial charge in [-0.25, -0.2) is 0 Å². The van der Waals surface area contributed by atoms with Crippen LogP contribution in [-0.2, 0) is 19.1 Å². The van der Waals surface area contributed by atoms with Crippen LogP contribution in [0.5, 0.6) is 28.7 Å². The van der Waals surface area contributed by atoms with Crippen LogP contribution in [0.15, 0.2) is 30.3 Å². The molecule has 1 aliphatic rings. The first-order chi connectivity index (χ1) is 15.1. The third-order valence-corrected chi connectivity index (χ3v) is 4.42. The highest BCUT2D eigenvalue weighted by atomic mass is 16.6. The number of ether oxygens (including phenoxy) is 5. The molecule has 3 rings (SSSR count). The summed E-state index contributed by atoms with van der Waals surface area (Å²) < 4.78 is 26.4. The number of aromatic hydroxyl groups is 1. The van der Waals surface area contributed by atoms with Crippen molar-refractivity contribution in [3.63, 3.8) is 0 Å². The third-order valence-electron chi connectivity index (χ3n) is 4.42. The zero-order chi connectivity index (χ0) is 23.6. The van der Waals surface area contributed by atoms with Gasteiger partial charge in [-0.2, -0.15) is 0 Å². The van der Waals surface area contributed by atoms with Gasteiger partial charge in [-0.3, -0.25) is 19.2 Å². The Morgan fingerprint density at radius 3 is 2.19 bits per heavy atom. The first kappa shape index (κ1) is 22.6. The van der Waals surface area contributed by atoms with E-state index in [1.165, 1.54) is 44.4 Å². The Morgan fingerprint density at radius 2 is 1.59 bits per heavy atom. The van der Waals surface area contributed by atoms with Crippen molar-refractivity contribution in [1.29, 1.82) is 0 Å². The molecule has 2 aromatic rings. The summed E-state index contributed by atoms with van der Waals surface area (Å²) in [6, 6.07) is 6.79. The molecule has 0 spiro atoms. The lowest BCUT2D eigenvalue weighted by atomic mass is 9.92. The van der Waals surface area contributed by atoms with Crippen molar-refractivity contribution in [1.82, 2.24) is 0 Å². The molecular weight excluding hydrogens is 424 g/mol. The van der Waals surface area contributed by atoms with E-state index in [4.69, 9.17) is 23.7 Å². The molecule has 0 aromatic heterocycles. The molecule has 1 aliphatic heterocycles. The molecule has 168 valence electrons. The lowest BCUT2D eigenvalue weighted by molar-refractivity contribution is -0.149. The topological polar surface area (TPSA) is 135 Å². The van der Waals surface area contributed by atoms with Crippen LogP contribution in [-0.4, -0.2) is 42.0 Å². The standard InChI is InChI=1S/C22H20O10/c1-10(23)29-16-6-5-13(7-17(16)30-11(2)24)21-22(31-12(3)25)20(27)19-15(26)8-14(28-4)9-18(19)32-21/h5-9,21-22,26H,1-4H3/t21-,22-/m0/s1. The normalized spacial score (nSPS) is 16.9. The van der Waals surface area contributed by atoms with Gasteiger partial charge in [0.2, 0.25) is 11.9 Å². The molecule has 1 heterocycles. The number of fused-ring (bicyclic) bond motifs is 1. The number of carbonyl (C=O) groups excluding carboxylic acids is 4. The van der Waals surface area contributed by atoms with Crippen molar-refractivity contribution in [2.45, 2.75) is 33.0 Å². The number of carbonyl (C=O) groups is 4. The first-order valence-electron chi connectivity index (χ1n) is 9.40. The van der Waals surface area contributed by atoms with Crippen molar-refractivity contribution < 1.29 is 48.0 Å². The lowest BCUT2D eigenvalue weighted by Crippen LogP contribution is -2.39. The summed E-state index contributed by atoms with van der Waals surface area (Å²) in [6.07, 6.45) is -2.60. The minimum atomic E-state index is -1.44. The number of hydrogen-bond acceptors (Lipinski definition) is 10. The number of methoxy groups -OCH3 is 1. The van der Waals surface area contributed by atoms with E-state index in [-0.39, 0.29) is 34.1 Å². The van der Waals surface area contributed by atoms with Crippen molar-refractivity contribution in [3.8, 4) is 28.7 Å². The summed E-state index contributed by atoms with van der Waals surface area (Å²) in [6.45, 7) is 3.47. The van der Waals surface area contributed by atoms with E-state index in [0.717, 1.165) is 13.8 Å². The Balaban J connectivity index is 2.12. The van der Waals surface area contributed by atoms with Crippen LogP contribution in [0.25, 0.3) is 0 Å². The number of benzene rings is 2. The first-order valence-corrected chi connectivity index (χ1v) is 9.40. The summed E-state index contributed by atoms with van der Waals surface area (Å²) in [5.74, 6) is -3.01. The quantitative estimate of drug-likeness (QED) is 0.541. The second kappa shape index (κ2) is 8.96. The Bertz CT molecular complexity index is 1100. The van der Waals surface area contributed by atoms with Gasteiger partial charge < -0.3 is 28.8 Å². The molecule has 10 heteroatoms. The van der Waals surface area contributed by atoms with E-state index < -0.39 is 41.6 Å². The molecule has 10 nitrogen and oxygen atoms in total. The van der Waals surface area contributed by atoms with Gasteiger partial charge >= 0.3 is 17.9 Å². The molecule has 0 unspecified atom stereocenters. The molecule has 32 heavy (non-hydrogen) atoms. The summed E-state index contributed by atoms with van der Waals surface area (Å²) in [5.41, 5.74) is 0.120.